The zero-order valence-electron chi connectivity index (χ0n) is 12.1. The molecule has 1 saturated heterocycles. The number of carbonyl (C=O) groups excluding carboxylic acids is 1. The molecule has 0 aliphatic carbocycles. The Balaban J connectivity index is 2.50. The summed E-state index contributed by atoms with van der Waals surface area (Å²) >= 11 is 3.25. The number of halogens is 2. The molecule has 0 N–H and O–H groups in total. The van der Waals surface area contributed by atoms with Crippen molar-refractivity contribution in [2.24, 2.45) is 5.92 Å². The fourth-order valence-electron chi connectivity index (χ4n) is 2.87. The van der Waals surface area contributed by atoms with Crippen LogP contribution in [0, 0.1) is 12.8 Å². The first-order valence-corrected chi connectivity index (χ1v) is 9.77. The van der Waals surface area contributed by atoms with E-state index >= 15 is 0 Å². The maximum absolute atomic E-state index is 12.7. The lowest BCUT2D eigenvalue weighted by Gasteiger charge is -2.23. The van der Waals surface area contributed by atoms with Crippen molar-refractivity contribution in [2.45, 2.75) is 38.1 Å². The maximum Gasteiger partial charge on any atom is 0.261 e. The minimum absolute atomic E-state index is 0.0261. The Morgan fingerprint density at radius 2 is 2.00 bits per heavy atom. The van der Waals surface area contributed by atoms with E-state index in [4.69, 9.17) is 10.7 Å². The smallest absolute Gasteiger partial charge is 0.261 e. The molecule has 21 heavy (non-hydrogen) atoms. The zero-order valence-corrected chi connectivity index (χ0v) is 15.2. The molecule has 0 bridgehead atoms. The van der Waals surface area contributed by atoms with Crippen molar-refractivity contribution >= 4 is 41.6 Å². The van der Waals surface area contributed by atoms with E-state index in [1.54, 1.807) is 17.9 Å². The van der Waals surface area contributed by atoms with Gasteiger partial charge in [0.25, 0.3) is 15.0 Å². The van der Waals surface area contributed by atoms with Crippen LogP contribution in [0.15, 0.2) is 21.5 Å². The third-order valence-corrected chi connectivity index (χ3v) is 5.77. The van der Waals surface area contributed by atoms with Crippen molar-refractivity contribution in [3.8, 4) is 0 Å². The van der Waals surface area contributed by atoms with E-state index in [1.165, 1.54) is 6.07 Å². The first-order chi connectivity index (χ1) is 9.61. The molecule has 1 aliphatic rings. The second kappa shape index (κ2) is 5.89. The number of benzene rings is 1. The topological polar surface area (TPSA) is 54.5 Å². The summed E-state index contributed by atoms with van der Waals surface area (Å²) in [7, 11) is 1.56. The van der Waals surface area contributed by atoms with Crippen molar-refractivity contribution in [3.05, 3.63) is 27.7 Å². The minimum Gasteiger partial charge on any atom is -0.336 e. The lowest BCUT2D eigenvalue weighted by Crippen LogP contribution is -2.34. The summed E-state index contributed by atoms with van der Waals surface area (Å²) in [5.74, 6) is 0.305. The monoisotopic (exact) mass is 393 g/mol. The number of carbonyl (C=O) groups is 1. The first-order valence-electron chi connectivity index (χ1n) is 6.67. The Bertz CT molecular complexity index is 690. The molecule has 0 radical (unpaired) electrons. The standard InChI is InChI=1S/C14H17BrClNO3S/c1-8-4-9(2)17(7-8)14(18)12-5-11(15)6-13(10(12)3)21(16,19)20/h5-6,8-9H,4,7H2,1-3H3. The third-order valence-electron chi connectivity index (χ3n) is 3.86. The van der Waals surface area contributed by atoms with E-state index in [1.807, 2.05) is 6.92 Å². The molecule has 1 fully saturated rings. The number of hydrogen-bond donors (Lipinski definition) is 0. The van der Waals surface area contributed by atoms with Crippen LogP contribution in [0.3, 0.4) is 0 Å². The van der Waals surface area contributed by atoms with E-state index in [2.05, 4.69) is 22.9 Å². The molecule has 0 saturated carbocycles. The van der Waals surface area contributed by atoms with Crippen molar-refractivity contribution in [1.29, 1.82) is 0 Å². The lowest BCUT2D eigenvalue weighted by molar-refractivity contribution is 0.0742. The van der Waals surface area contributed by atoms with Crippen LogP contribution < -0.4 is 0 Å². The first kappa shape index (κ1) is 16.8. The maximum atomic E-state index is 12.7. The molecule has 0 spiro atoms. The molecule has 7 heteroatoms. The highest BCUT2D eigenvalue weighted by Crippen LogP contribution is 2.30. The van der Waals surface area contributed by atoms with Gasteiger partial charge in [-0.1, -0.05) is 22.9 Å². The van der Waals surface area contributed by atoms with Crippen LogP contribution >= 0.6 is 26.6 Å². The fraction of sp³-hybridized carbons (Fsp3) is 0.500. The summed E-state index contributed by atoms with van der Waals surface area (Å²) in [6.07, 6.45) is 0.958. The highest BCUT2D eigenvalue weighted by molar-refractivity contribution is 9.10. The summed E-state index contributed by atoms with van der Waals surface area (Å²) in [6.45, 7) is 6.41. The fourth-order valence-corrected chi connectivity index (χ4v) is 4.70. The number of likely N-dealkylation sites (tertiary alicyclic amines) is 1. The number of rotatable bonds is 2. The molecular weight excluding hydrogens is 378 g/mol. The number of nitrogens with zero attached hydrogens (tertiary/aromatic N) is 1. The quantitative estimate of drug-likeness (QED) is 0.721. The van der Waals surface area contributed by atoms with Crippen LogP contribution in [0.5, 0.6) is 0 Å². The predicted molar refractivity (Wildman–Crippen MR) is 86.2 cm³/mol. The van der Waals surface area contributed by atoms with E-state index in [0.717, 1.165) is 6.42 Å². The molecule has 2 unspecified atom stereocenters. The predicted octanol–water partition coefficient (Wildman–Crippen LogP) is 3.56. The minimum atomic E-state index is -3.89. The third kappa shape index (κ3) is 3.43. The average molecular weight is 395 g/mol. The molecular formula is C14H17BrClNO3S. The van der Waals surface area contributed by atoms with Crippen molar-refractivity contribution in [2.75, 3.05) is 6.54 Å². The van der Waals surface area contributed by atoms with Gasteiger partial charge in [-0.05, 0) is 43.9 Å². The Morgan fingerprint density at radius 1 is 1.38 bits per heavy atom. The van der Waals surface area contributed by atoms with Gasteiger partial charge in [0.1, 0.15) is 0 Å². The Labute approximate surface area is 138 Å². The highest BCUT2D eigenvalue weighted by atomic mass is 79.9. The van der Waals surface area contributed by atoms with E-state index in [-0.39, 0.29) is 16.8 Å². The molecule has 2 rings (SSSR count). The van der Waals surface area contributed by atoms with Gasteiger partial charge in [0, 0.05) is 33.3 Å². The van der Waals surface area contributed by atoms with Gasteiger partial charge in [0.15, 0.2) is 0 Å². The average Bonchev–Trinajstić information content (AvgIpc) is 2.68. The highest BCUT2D eigenvalue weighted by Gasteiger charge is 2.32. The van der Waals surface area contributed by atoms with E-state index < -0.39 is 9.05 Å². The molecule has 2 atom stereocenters. The number of hydrogen-bond acceptors (Lipinski definition) is 3. The lowest BCUT2D eigenvalue weighted by atomic mass is 10.1. The van der Waals surface area contributed by atoms with Crippen LogP contribution in [0.4, 0.5) is 0 Å². The van der Waals surface area contributed by atoms with Crippen LogP contribution in [0.2, 0.25) is 0 Å². The van der Waals surface area contributed by atoms with E-state index in [0.29, 0.717) is 28.1 Å². The van der Waals surface area contributed by atoms with Crippen LogP contribution in [0.1, 0.15) is 36.2 Å². The van der Waals surface area contributed by atoms with Crippen molar-refractivity contribution < 1.29 is 13.2 Å². The Morgan fingerprint density at radius 3 is 2.48 bits per heavy atom. The molecule has 1 aromatic carbocycles. The Kier molecular flexibility index (Phi) is 4.71. The van der Waals surface area contributed by atoms with Gasteiger partial charge in [0.05, 0.1) is 4.90 Å². The van der Waals surface area contributed by atoms with Gasteiger partial charge < -0.3 is 4.90 Å². The number of amides is 1. The van der Waals surface area contributed by atoms with Crippen LogP contribution in [-0.4, -0.2) is 31.8 Å². The summed E-state index contributed by atoms with van der Waals surface area (Å²) in [6, 6.07) is 3.23. The summed E-state index contributed by atoms with van der Waals surface area (Å²) in [5.41, 5.74) is 0.773. The molecule has 1 heterocycles. The van der Waals surface area contributed by atoms with Gasteiger partial charge >= 0.3 is 0 Å². The van der Waals surface area contributed by atoms with Gasteiger partial charge in [-0.3, -0.25) is 4.79 Å². The van der Waals surface area contributed by atoms with Crippen molar-refractivity contribution in [1.82, 2.24) is 4.90 Å². The molecule has 116 valence electrons. The largest absolute Gasteiger partial charge is 0.336 e. The molecule has 1 aliphatic heterocycles. The SMILES string of the molecule is Cc1c(C(=O)N2CC(C)CC2C)cc(Br)cc1S(=O)(=O)Cl. The van der Waals surface area contributed by atoms with Gasteiger partial charge in [0.2, 0.25) is 0 Å². The summed E-state index contributed by atoms with van der Waals surface area (Å²) in [4.78, 5) is 14.5. The van der Waals surface area contributed by atoms with Gasteiger partial charge in [-0.15, -0.1) is 0 Å². The van der Waals surface area contributed by atoms with Gasteiger partial charge in [-0.2, -0.15) is 0 Å². The normalized spacial score (nSPS) is 22.6. The van der Waals surface area contributed by atoms with E-state index in [9.17, 15) is 13.2 Å². The summed E-state index contributed by atoms with van der Waals surface area (Å²) < 4.78 is 23.8. The van der Waals surface area contributed by atoms with Crippen LogP contribution in [-0.2, 0) is 9.05 Å². The molecule has 1 aromatic rings. The van der Waals surface area contributed by atoms with Crippen molar-refractivity contribution in [3.63, 3.8) is 0 Å². The zero-order chi connectivity index (χ0) is 15.9. The second-order valence-corrected chi connectivity index (χ2v) is 9.11. The van der Waals surface area contributed by atoms with Crippen LogP contribution in [0.25, 0.3) is 0 Å². The second-order valence-electron chi connectivity index (χ2n) is 5.66. The molecule has 1 amide bonds. The molecule has 0 aromatic heterocycles. The summed E-state index contributed by atoms with van der Waals surface area (Å²) in [5, 5.41) is 0. The Hall–Kier alpha value is -0.590. The molecule has 4 nitrogen and oxygen atoms in total. The van der Waals surface area contributed by atoms with Gasteiger partial charge in [-0.25, -0.2) is 8.42 Å².